The Morgan fingerprint density at radius 2 is 2.20 bits per heavy atom. The predicted molar refractivity (Wildman–Crippen MR) is 77.8 cm³/mol. The maximum atomic E-state index is 10.4. The molecule has 102 valence electrons. The van der Waals surface area contributed by atoms with Crippen molar-refractivity contribution in [2.75, 3.05) is 0 Å². The molecule has 1 N–H and O–H groups in total. The van der Waals surface area contributed by atoms with Gasteiger partial charge in [-0.1, -0.05) is 23.7 Å². The average Bonchev–Trinajstić information content (AvgIpc) is 2.86. The molecule has 1 aromatic carbocycles. The molecule has 2 aromatic heterocycles. The predicted octanol–water partition coefficient (Wildman–Crippen LogP) is 2.97. The highest BCUT2D eigenvalue weighted by molar-refractivity contribution is 6.31. The van der Waals surface area contributed by atoms with Gasteiger partial charge in [0, 0.05) is 29.4 Å². The first-order valence-electron chi connectivity index (χ1n) is 6.35. The Balaban J connectivity index is 1.91. The number of hydrogen-bond donors (Lipinski definition) is 1. The molecule has 3 aromatic rings. The van der Waals surface area contributed by atoms with Gasteiger partial charge in [0.1, 0.15) is 0 Å². The molecule has 5 heteroatoms. The average molecular weight is 288 g/mol. The molecule has 0 aliphatic heterocycles. The summed E-state index contributed by atoms with van der Waals surface area (Å²) in [4.78, 5) is 4.07. The Kier molecular flexibility index (Phi) is 3.42. The number of rotatable bonds is 3. The molecule has 1 unspecified atom stereocenters. The van der Waals surface area contributed by atoms with Gasteiger partial charge in [0.25, 0.3) is 0 Å². The third kappa shape index (κ3) is 2.40. The summed E-state index contributed by atoms with van der Waals surface area (Å²) in [6, 6.07) is 5.84. The van der Waals surface area contributed by atoms with Crippen LogP contribution >= 0.6 is 11.6 Å². The molecular formula is C15H14ClN3O. The highest BCUT2D eigenvalue weighted by atomic mass is 35.5. The second-order valence-corrected chi connectivity index (χ2v) is 5.23. The quantitative estimate of drug-likeness (QED) is 0.806. The minimum Gasteiger partial charge on any atom is -0.388 e. The van der Waals surface area contributed by atoms with Gasteiger partial charge in [0.05, 0.1) is 24.0 Å². The fourth-order valence-corrected chi connectivity index (χ4v) is 2.56. The molecule has 0 aliphatic carbocycles. The molecular weight excluding hydrogens is 274 g/mol. The van der Waals surface area contributed by atoms with Crippen LogP contribution in [-0.4, -0.2) is 19.7 Å². The van der Waals surface area contributed by atoms with E-state index in [2.05, 4.69) is 10.1 Å². The summed E-state index contributed by atoms with van der Waals surface area (Å²) in [6.07, 6.45) is 6.58. The molecule has 0 radical (unpaired) electrons. The molecule has 0 fully saturated rings. The Morgan fingerprint density at radius 1 is 1.35 bits per heavy atom. The van der Waals surface area contributed by atoms with E-state index in [0.29, 0.717) is 11.4 Å². The Bertz CT molecular complexity index is 754. The molecule has 3 rings (SSSR count). The molecule has 2 heterocycles. The van der Waals surface area contributed by atoms with Crippen LogP contribution in [0.3, 0.4) is 0 Å². The second-order valence-electron chi connectivity index (χ2n) is 4.82. The van der Waals surface area contributed by atoms with Crippen LogP contribution in [0.5, 0.6) is 0 Å². The monoisotopic (exact) mass is 287 g/mol. The van der Waals surface area contributed by atoms with Gasteiger partial charge in [0.15, 0.2) is 0 Å². The minimum atomic E-state index is -0.656. The normalized spacial score (nSPS) is 12.8. The van der Waals surface area contributed by atoms with Crippen molar-refractivity contribution in [3.8, 4) is 0 Å². The molecule has 1 atom stereocenters. The summed E-state index contributed by atoms with van der Waals surface area (Å²) >= 11 is 6.21. The lowest BCUT2D eigenvalue weighted by molar-refractivity contribution is 0.180. The molecule has 0 aliphatic rings. The molecule has 20 heavy (non-hydrogen) atoms. The van der Waals surface area contributed by atoms with E-state index in [1.165, 1.54) is 0 Å². The summed E-state index contributed by atoms with van der Waals surface area (Å²) in [7, 11) is 0. The standard InChI is InChI=1S/C15H14ClN3O/c1-10-2-3-11(13(16)6-10)7-15(20)12-8-18-19-5-4-17-9-14(12)19/h2-6,8-9,15,20H,7H2,1H3. The van der Waals surface area contributed by atoms with Crippen LogP contribution in [0.4, 0.5) is 0 Å². The summed E-state index contributed by atoms with van der Waals surface area (Å²) in [5.41, 5.74) is 3.60. The van der Waals surface area contributed by atoms with Gasteiger partial charge in [-0.2, -0.15) is 5.10 Å². The fourth-order valence-electron chi connectivity index (χ4n) is 2.25. The molecule has 0 amide bonds. The van der Waals surface area contributed by atoms with Crippen molar-refractivity contribution < 1.29 is 5.11 Å². The van der Waals surface area contributed by atoms with E-state index < -0.39 is 6.10 Å². The van der Waals surface area contributed by atoms with E-state index in [9.17, 15) is 5.11 Å². The van der Waals surface area contributed by atoms with Gasteiger partial charge in [0.2, 0.25) is 0 Å². The van der Waals surface area contributed by atoms with Crippen LogP contribution < -0.4 is 0 Å². The third-order valence-electron chi connectivity index (χ3n) is 3.34. The largest absolute Gasteiger partial charge is 0.388 e. The van der Waals surface area contributed by atoms with E-state index in [-0.39, 0.29) is 0 Å². The molecule has 0 spiro atoms. The van der Waals surface area contributed by atoms with E-state index in [1.807, 2.05) is 25.1 Å². The number of aryl methyl sites for hydroxylation is 1. The summed E-state index contributed by atoms with van der Waals surface area (Å²) < 4.78 is 1.70. The highest BCUT2D eigenvalue weighted by Crippen LogP contribution is 2.26. The number of aliphatic hydroxyl groups is 1. The van der Waals surface area contributed by atoms with Crippen molar-refractivity contribution in [2.45, 2.75) is 19.4 Å². The second kappa shape index (κ2) is 5.23. The maximum Gasteiger partial charge on any atom is 0.0903 e. The van der Waals surface area contributed by atoms with Gasteiger partial charge < -0.3 is 5.11 Å². The number of halogens is 1. The van der Waals surface area contributed by atoms with Crippen molar-refractivity contribution in [1.29, 1.82) is 0 Å². The lowest BCUT2D eigenvalue weighted by atomic mass is 10.0. The number of nitrogens with zero attached hydrogens (tertiary/aromatic N) is 3. The van der Waals surface area contributed by atoms with E-state index in [0.717, 1.165) is 22.2 Å². The van der Waals surface area contributed by atoms with Crippen LogP contribution in [0.15, 0.2) is 43.0 Å². The van der Waals surface area contributed by atoms with Crippen LogP contribution in [0, 0.1) is 6.92 Å². The highest BCUT2D eigenvalue weighted by Gasteiger charge is 2.15. The van der Waals surface area contributed by atoms with Gasteiger partial charge in [-0.05, 0) is 24.1 Å². The first-order valence-corrected chi connectivity index (χ1v) is 6.73. The zero-order chi connectivity index (χ0) is 14.1. The van der Waals surface area contributed by atoms with Gasteiger partial charge in [-0.15, -0.1) is 0 Å². The molecule has 4 nitrogen and oxygen atoms in total. The van der Waals surface area contributed by atoms with Crippen LogP contribution in [0.2, 0.25) is 5.02 Å². The third-order valence-corrected chi connectivity index (χ3v) is 3.69. The van der Waals surface area contributed by atoms with E-state index in [4.69, 9.17) is 11.6 Å². The van der Waals surface area contributed by atoms with Crippen LogP contribution in [0.25, 0.3) is 5.52 Å². The first kappa shape index (κ1) is 13.1. The SMILES string of the molecule is Cc1ccc(CC(O)c2cnn3ccncc23)c(Cl)c1. The van der Waals surface area contributed by atoms with Gasteiger partial charge in [-0.3, -0.25) is 4.98 Å². The molecule has 0 saturated carbocycles. The minimum absolute atomic E-state index is 0.454. The number of benzene rings is 1. The Labute approximate surface area is 121 Å². The topological polar surface area (TPSA) is 50.4 Å². The summed E-state index contributed by atoms with van der Waals surface area (Å²) in [6.45, 7) is 1.99. The number of aromatic nitrogens is 3. The summed E-state index contributed by atoms with van der Waals surface area (Å²) in [5, 5.41) is 15.3. The number of hydrogen-bond acceptors (Lipinski definition) is 3. The van der Waals surface area contributed by atoms with Crippen molar-refractivity contribution in [2.24, 2.45) is 0 Å². The summed E-state index contributed by atoms with van der Waals surface area (Å²) in [5.74, 6) is 0. The van der Waals surface area contributed by atoms with E-state index in [1.54, 1.807) is 29.3 Å². The van der Waals surface area contributed by atoms with Gasteiger partial charge in [-0.25, -0.2) is 4.52 Å². The smallest absolute Gasteiger partial charge is 0.0903 e. The Hall–Kier alpha value is -1.91. The van der Waals surface area contributed by atoms with Crippen molar-refractivity contribution in [1.82, 2.24) is 14.6 Å². The molecule has 0 saturated heterocycles. The van der Waals surface area contributed by atoms with Crippen molar-refractivity contribution in [3.63, 3.8) is 0 Å². The van der Waals surface area contributed by atoms with Crippen molar-refractivity contribution >= 4 is 17.1 Å². The van der Waals surface area contributed by atoms with E-state index >= 15 is 0 Å². The zero-order valence-corrected chi connectivity index (χ0v) is 11.7. The molecule has 0 bridgehead atoms. The fraction of sp³-hybridized carbons (Fsp3) is 0.200. The Morgan fingerprint density at radius 3 is 3.00 bits per heavy atom. The van der Waals surface area contributed by atoms with Crippen LogP contribution in [-0.2, 0) is 6.42 Å². The zero-order valence-electron chi connectivity index (χ0n) is 11.0. The maximum absolute atomic E-state index is 10.4. The lowest BCUT2D eigenvalue weighted by Crippen LogP contribution is -2.02. The number of fused-ring (bicyclic) bond motifs is 1. The van der Waals surface area contributed by atoms with Crippen LogP contribution in [0.1, 0.15) is 22.8 Å². The first-order chi connectivity index (χ1) is 9.65. The lowest BCUT2D eigenvalue weighted by Gasteiger charge is -2.11. The number of aliphatic hydroxyl groups excluding tert-OH is 1. The van der Waals surface area contributed by atoms with Gasteiger partial charge >= 0.3 is 0 Å². The van der Waals surface area contributed by atoms with Crippen molar-refractivity contribution in [3.05, 3.63) is 64.7 Å².